The number of amides is 1. The summed E-state index contributed by atoms with van der Waals surface area (Å²) >= 11 is 0. The number of aromatic nitrogens is 1. The number of ether oxygens (including phenoxy) is 1. The summed E-state index contributed by atoms with van der Waals surface area (Å²) in [6.07, 6.45) is 2.24. The van der Waals surface area contributed by atoms with E-state index in [0.29, 0.717) is 23.7 Å². The van der Waals surface area contributed by atoms with Gasteiger partial charge in [0.15, 0.2) is 0 Å². The first-order valence-corrected chi connectivity index (χ1v) is 9.00. The second-order valence-electron chi connectivity index (χ2n) is 6.61. The average molecular weight is 379 g/mol. The average Bonchev–Trinajstić information content (AvgIpc) is 2.69. The topological polar surface area (TPSA) is 77.2 Å². The molecule has 0 aliphatic heterocycles. The first-order chi connectivity index (χ1) is 13.5. The second kappa shape index (κ2) is 9.10. The molecule has 6 heteroatoms. The van der Waals surface area contributed by atoms with Crippen molar-refractivity contribution in [1.82, 2.24) is 10.3 Å². The van der Waals surface area contributed by atoms with Crippen LogP contribution in [0.3, 0.4) is 0 Å². The number of benzene rings is 2. The number of pyridine rings is 1. The lowest BCUT2D eigenvalue weighted by Crippen LogP contribution is -2.27. The Labute approximate surface area is 163 Å². The number of nitrogens with zero attached hydrogens (tertiary/aromatic N) is 1. The van der Waals surface area contributed by atoms with Crippen LogP contribution in [0.25, 0.3) is 0 Å². The van der Waals surface area contributed by atoms with Gasteiger partial charge in [0.1, 0.15) is 11.6 Å². The van der Waals surface area contributed by atoms with Crippen LogP contribution in [-0.2, 0) is 13.0 Å². The van der Waals surface area contributed by atoms with Crippen LogP contribution in [0.5, 0.6) is 11.6 Å². The van der Waals surface area contributed by atoms with Gasteiger partial charge < -0.3 is 15.8 Å². The molecule has 0 saturated heterocycles. The minimum atomic E-state index is -0.523. The molecule has 0 fully saturated rings. The van der Waals surface area contributed by atoms with E-state index in [0.717, 1.165) is 12.0 Å². The number of nitrogens with one attached hydrogen (secondary N) is 1. The minimum absolute atomic E-state index is 0.224. The highest BCUT2D eigenvalue weighted by Gasteiger charge is 2.06. The van der Waals surface area contributed by atoms with Crippen molar-refractivity contribution in [3.63, 3.8) is 0 Å². The molecular formula is C22H22FN3O2. The van der Waals surface area contributed by atoms with Crippen molar-refractivity contribution >= 4 is 5.91 Å². The molecule has 0 aliphatic carbocycles. The van der Waals surface area contributed by atoms with Crippen molar-refractivity contribution in [1.29, 1.82) is 0 Å². The van der Waals surface area contributed by atoms with Crippen LogP contribution in [-0.4, -0.2) is 16.9 Å². The molecule has 0 radical (unpaired) electrons. The monoisotopic (exact) mass is 379 g/mol. The van der Waals surface area contributed by atoms with Crippen LogP contribution in [0.2, 0.25) is 0 Å². The molecule has 3 aromatic rings. The number of carbonyl (C=O) groups excluding carboxylic acids is 1. The molecule has 3 rings (SSSR count). The molecule has 0 aliphatic rings. The van der Waals surface area contributed by atoms with Crippen molar-refractivity contribution in [3.05, 3.63) is 89.4 Å². The molecule has 1 aromatic heterocycles. The summed E-state index contributed by atoms with van der Waals surface area (Å²) in [5, 5.41) is 3.43. The Hall–Kier alpha value is -3.25. The third-order valence-corrected chi connectivity index (χ3v) is 4.28. The van der Waals surface area contributed by atoms with Crippen LogP contribution in [0.4, 0.5) is 4.39 Å². The Kier molecular flexibility index (Phi) is 6.34. The number of hydrogen-bond acceptors (Lipinski definition) is 4. The van der Waals surface area contributed by atoms with Crippen LogP contribution >= 0.6 is 0 Å². The zero-order valence-corrected chi connectivity index (χ0v) is 15.6. The standard InChI is InChI=1S/C22H22FN3O2/c1-15(25-13-17-2-7-19(23)8-3-17)12-16-4-9-20(10-5-16)28-21-11-6-18(14-26-21)22(24)27/h2-11,14-15,25H,12-13H2,1H3,(H2,24,27). The highest BCUT2D eigenvalue weighted by molar-refractivity contribution is 5.92. The molecule has 28 heavy (non-hydrogen) atoms. The van der Waals surface area contributed by atoms with Crippen molar-refractivity contribution in [2.45, 2.75) is 25.9 Å². The molecule has 3 N–H and O–H groups in total. The highest BCUT2D eigenvalue weighted by Crippen LogP contribution is 2.20. The summed E-state index contributed by atoms with van der Waals surface area (Å²) in [5.41, 5.74) is 7.75. The summed E-state index contributed by atoms with van der Waals surface area (Å²) in [5.74, 6) is 0.311. The number of rotatable bonds is 8. The molecule has 1 heterocycles. The van der Waals surface area contributed by atoms with Crippen LogP contribution < -0.4 is 15.8 Å². The molecule has 1 atom stereocenters. The van der Waals surface area contributed by atoms with Gasteiger partial charge in [-0.1, -0.05) is 24.3 Å². The van der Waals surface area contributed by atoms with E-state index < -0.39 is 5.91 Å². The maximum Gasteiger partial charge on any atom is 0.250 e. The zero-order valence-electron chi connectivity index (χ0n) is 15.6. The van der Waals surface area contributed by atoms with Crippen molar-refractivity contribution in [3.8, 4) is 11.6 Å². The van der Waals surface area contributed by atoms with E-state index in [1.807, 2.05) is 24.3 Å². The Morgan fingerprint density at radius 2 is 1.75 bits per heavy atom. The predicted octanol–water partition coefficient (Wildman–Crippen LogP) is 3.83. The fraction of sp³-hybridized carbons (Fsp3) is 0.182. The van der Waals surface area contributed by atoms with Gasteiger partial charge >= 0.3 is 0 Å². The van der Waals surface area contributed by atoms with Crippen molar-refractivity contribution in [2.24, 2.45) is 5.73 Å². The van der Waals surface area contributed by atoms with E-state index in [-0.39, 0.29) is 11.9 Å². The lowest BCUT2D eigenvalue weighted by molar-refractivity contribution is 0.1000. The second-order valence-corrected chi connectivity index (χ2v) is 6.61. The van der Waals surface area contributed by atoms with Gasteiger partial charge in [0.25, 0.3) is 0 Å². The van der Waals surface area contributed by atoms with Crippen LogP contribution in [0.15, 0.2) is 66.9 Å². The molecule has 1 unspecified atom stereocenters. The first-order valence-electron chi connectivity index (χ1n) is 9.00. The minimum Gasteiger partial charge on any atom is -0.439 e. The predicted molar refractivity (Wildman–Crippen MR) is 106 cm³/mol. The van der Waals surface area contributed by atoms with Crippen molar-refractivity contribution in [2.75, 3.05) is 0 Å². The van der Waals surface area contributed by atoms with Gasteiger partial charge in [-0.3, -0.25) is 4.79 Å². The number of nitrogens with two attached hydrogens (primary N) is 1. The quantitative estimate of drug-likeness (QED) is 0.624. The number of primary amides is 1. The number of hydrogen-bond donors (Lipinski definition) is 2. The van der Waals surface area contributed by atoms with E-state index in [4.69, 9.17) is 10.5 Å². The van der Waals surface area contributed by atoms with E-state index >= 15 is 0 Å². The van der Waals surface area contributed by atoms with Crippen LogP contribution in [0.1, 0.15) is 28.4 Å². The van der Waals surface area contributed by atoms with Gasteiger partial charge in [-0.05, 0) is 54.8 Å². The lowest BCUT2D eigenvalue weighted by Gasteiger charge is -2.14. The molecule has 1 amide bonds. The van der Waals surface area contributed by atoms with Gasteiger partial charge in [0, 0.05) is 24.8 Å². The third kappa shape index (κ3) is 5.62. The van der Waals surface area contributed by atoms with Gasteiger partial charge in [-0.2, -0.15) is 0 Å². The van der Waals surface area contributed by atoms with E-state index in [9.17, 15) is 9.18 Å². The Morgan fingerprint density at radius 1 is 1.07 bits per heavy atom. The maximum absolute atomic E-state index is 12.9. The maximum atomic E-state index is 12.9. The summed E-state index contributed by atoms with van der Waals surface area (Å²) in [6.45, 7) is 2.80. The van der Waals surface area contributed by atoms with E-state index in [1.165, 1.54) is 23.9 Å². The fourth-order valence-electron chi connectivity index (χ4n) is 2.72. The molecule has 0 saturated carbocycles. The molecule has 0 bridgehead atoms. The first kappa shape index (κ1) is 19.5. The highest BCUT2D eigenvalue weighted by atomic mass is 19.1. The van der Waals surface area contributed by atoms with Gasteiger partial charge in [-0.15, -0.1) is 0 Å². The van der Waals surface area contributed by atoms with E-state index in [1.54, 1.807) is 24.3 Å². The Balaban J connectivity index is 1.50. The Bertz CT molecular complexity index is 910. The van der Waals surface area contributed by atoms with E-state index in [2.05, 4.69) is 17.2 Å². The smallest absolute Gasteiger partial charge is 0.250 e. The van der Waals surface area contributed by atoms with Gasteiger partial charge in [0.05, 0.1) is 5.56 Å². The summed E-state index contributed by atoms with van der Waals surface area (Å²) in [6, 6.07) is 17.7. The fourth-order valence-corrected chi connectivity index (χ4v) is 2.72. The van der Waals surface area contributed by atoms with Gasteiger partial charge in [0.2, 0.25) is 11.8 Å². The summed E-state index contributed by atoms with van der Waals surface area (Å²) < 4.78 is 18.6. The zero-order chi connectivity index (χ0) is 19.9. The number of halogens is 1. The molecule has 0 spiro atoms. The molecule has 5 nitrogen and oxygen atoms in total. The summed E-state index contributed by atoms with van der Waals surface area (Å²) in [4.78, 5) is 15.1. The molecule has 2 aromatic carbocycles. The number of carbonyl (C=O) groups is 1. The van der Waals surface area contributed by atoms with Crippen molar-refractivity contribution < 1.29 is 13.9 Å². The van der Waals surface area contributed by atoms with Crippen LogP contribution in [0, 0.1) is 5.82 Å². The summed E-state index contributed by atoms with van der Waals surface area (Å²) in [7, 11) is 0. The van der Waals surface area contributed by atoms with Gasteiger partial charge in [-0.25, -0.2) is 9.37 Å². The Morgan fingerprint density at radius 3 is 2.36 bits per heavy atom. The largest absolute Gasteiger partial charge is 0.439 e. The molecule has 144 valence electrons. The normalized spacial score (nSPS) is 11.8. The molecular weight excluding hydrogens is 357 g/mol. The lowest BCUT2D eigenvalue weighted by atomic mass is 10.1. The third-order valence-electron chi connectivity index (χ3n) is 4.28. The SMILES string of the molecule is CC(Cc1ccc(Oc2ccc(C(N)=O)cn2)cc1)NCc1ccc(F)cc1.